The average Bonchev–Trinajstić information content (AvgIpc) is 3.52. The zero-order chi connectivity index (χ0) is 21.0. The van der Waals surface area contributed by atoms with E-state index in [1.807, 2.05) is 24.3 Å². The third-order valence-corrected chi connectivity index (χ3v) is 8.12. The van der Waals surface area contributed by atoms with Gasteiger partial charge in [-0.3, -0.25) is 14.9 Å². The number of thiophene rings is 1. The van der Waals surface area contributed by atoms with Crippen LogP contribution in [0.15, 0.2) is 36.4 Å². The molecule has 0 bridgehead atoms. The molecular formula is C23H25N5O2S. The largest absolute Gasteiger partial charge is 0.316 e. The number of rotatable bonds is 4. The molecule has 2 saturated heterocycles. The molecule has 3 aromatic rings. The van der Waals surface area contributed by atoms with E-state index in [2.05, 4.69) is 21.3 Å². The van der Waals surface area contributed by atoms with Crippen LogP contribution >= 0.6 is 11.3 Å². The van der Waals surface area contributed by atoms with Crippen LogP contribution in [0.5, 0.6) is 0 Å². The molecule has 1 spiro atoms. The zero-order valence-electron chi connectivity index (χ0n) is 17.3. The normalized spacial score (nSPS) is 25.5. The van der Waals surface area contributed by atoms with Crippen molar-refractivity contribution in [2.75, 3.05) is 29.9 Å². The summed E-state index contributed by atoms with van der Waals surface area (Å²) in [7, 11) is 0. The van der Waals surface area contributed by atoms with Crippen molar-refractivity contribution in [2.24, 2.45) is 5.41 Å². The average molecular weight is 436 g/mol. The van der Waals surface area contributed by atoms with Crippen LogP contribution in [0.3, 0.4) is 0 Å². The van der Waals surface area contributed by atoms with Crippen LogP contribution in [0.1, 0.15) is 47.8 Å². The Kier molecular flexibility index (Phi) is 4.40. The molecule has 2 aromatic heterocycles. The molecule has 2 amide bonds. The number of hydrogen-bond acceptors (Lipinski definition) is 5. The highest BCUT2D eigenvalue weighted by Crippen LogP contribution is 2.53. The molecule has 1 saturated carbocycles. The monoisotopic (exact) mass is 435 g/mol. The number of aromatic nitrogens is 2. The van der Waals surface area contributed by atoms with Crippen molar-refractivity contribution in [2.45, 2.75) is 38.1 Å². The van der Waals surface area contributed by atoms with Gasteiger partial charge in [0.15, 0.2) is 0 Å². The first-order valence-electron chi connectivity index (χ1n) is 11.0. The Morgan fingerprint density at radius 1 is 1.23 bits per heavy atom. The fourth-order valence-corrected chi connectivity index (χ4v) is 6.35. The van der Waals surface area contributed by atoms with Crippen molar-refractivity contribution in [3.8, 4) is 0 Å². The molecule has 7 nitrogen and oxygen atoms in total. The Bertz CT molecular complexity index is 1170. The minimum atomic E-state index is -0.170. The number of nitrogens with zero attached hydrogens (tertiary/aromatic N) is 3. The van der Waals surface area contributed by atoms with Crippen molar-refractivity contribution in [1.82, 2.24) is 14.9 Å². The van der Waals surface area contributed by atoms with Crippen molar-refractivity contribution in [3.05, 3.63) is 41.3 Å². The number of carbonyl (C=O) groups is 2. The quantitative estimate of drug-likeness (QED) is 0.654. The Labute approximate surface area is 184 Å². The summed E-state index contributed by atoms with van der Waals surface area (Å²) in [5, 5.41) is 7.40. The predicted molar refractivity (Wildman–Crippen MR) is 122 cm³/mol. The van der Waals surface area contributed by atoms with Gasteiger partial charge in [0, 0.05) is 25.6 Å². The van der Waals surface area contributed by atoms with Crippen LogP contribution in [0, 0.1) is 5.41 Å². The first kappa shape index (κ1) is 19.0. The van der Waals surface area contributed by atoms with Gasteiger partial charge in [0.25, 0.3) is 5.91 Å². The summed E-state index contributed by atoms with van der Waals surface area (Å²) < 4.78 is 2.22. The molecule has 0 atom stereocenters. The molecule has 3 aliphatic rings. The highest BCUT2D eigenvalue weighted by atomic mass is 32.1. The number of nitrogens with one attached hydrogen (secondary N) is 2. The number of anilines is 2. The summed E-state index contributed by atoms with van der Waals surface area (Å²) in [6.07, 6.45) is 4.92. The zero-order valence-corrected chi connectivity index (χ0v) is 18.1. The lowest BCUT2D eigenvalue weighted by Gasteiger charge is -2.46. The van der Waals surface area contributed by atoms with Crippen LogP contribution < -0.4 is 15.5 Å². The number of para-hydroxylation sites is 2. The van der Waals surface area contributed by atoms with Gasteiger partial charge in [0.1, 0.15) is 0 Å². The number of imidazole rings is 1. The molecule has 1 aromatic carbocycles. The topological polar surface area (TPSA) is 79.3 Å². The molecule has 1 aliphatic carbocycles. The van der Waals surface area contributed by atoms with Crippen LogP contribution in [0.4, 0.5) is 10.9 Å². The molecule has 4 heterocycles. The van der Waals surface area contributed by atoms with E-state index in [1.165, 1.54) is 17.8 Å². The Hall–Kier alpha value is -2.71. The Morgan fingerprint density at radius 2 is 2.10 bits per heavy atom. The third kappa shape index (κ3) is 3.16. The number of hydrogen-bond donors (Lipinski definition) is 2. The number of benzene rings is 1. The first-order valence-corrected chi connectivity index (χ1v) is 11.8. The summed E-state index contributed by atoms with van der Waals surface area (Å²) >= 11 is 1.37. The standard InChI is InChI=1S/C23H25N5O2S/c29-19-6-3-11-27(19)20-8-7-18(31-20)21(30)26-22-25-16-4-1-2-5-17(16)28(22)15-12-23(13-15)9-10-24-14-23/h1-2,4-5,7-8,15,24H,3,6,9-14H2,(H,25,26,30). The second-order valence-electron chi connectivity index (χ2n) is 9.02. The van der Waals surface area contributed by atoms with Gasteiger partial charge >= 0.3 is 0 Å². The lowest BCUT2D eigenvalue weighted by atomic mass is 9.65. The minimum Gasteiger partial charge on any atom is -0.316 e. The number of carbonyl (C=O) groups excluding carboxylic acids is 2. The highest BCUT2D eigenvalue weighted by molar-refractivity contribution is 7.18. The highest BCUT2D eigenvalue weighted by Gasteiger charge is 2.47. The van der Waals surface area contributed by atoms with Crippen molar-refractivity contribution >= 4 is 45.1 Å². The van der Waals surface area contributed by atoms with E-state index >= 15 is 0 Å². The lowest BCUT2D eigenvalue weighted by molar-refractivity contribution is -0.117. The van der Waals surface area contributed by atoms with Gasteiger partial charge < -0.3 is 14.8 Å². The van der Waals surface area contributed by atoms with E-state index in [-0.39, 0.29) is 11.8 Å². The third-order valence-electron chi connectivity index (χ3n) is 7.01. The van der Waals surface area contributed by atoms with E-state index in [0.717, 1.165) is 54.9 Å². The van der Waals surface area contributed by atoms with Gasteiger partial charge in [-0.15, -0.1) is 11.3 Å². The molecule has 160 valence electrons. The van der Waals surface area contributed by atoms with Crippen LogP contribution in [0.2, 0.25) is 0 Å². The van der Waals surface area contributed by atoms with E-state index < -0.39 is 0 Å². The van der Waals surface area contributed by atoms with Gasteiger partial charge in [-0.1, -0.05) is 12.1 Å². The maximum atomic E-state index is 13.1. The summed E-state index contributed by atoms with van der Waals surface area (Å²) in [5.74, 6) is 0.580. The summed E-state index contributed by atoms with van der Waals surface area (Å²) in [5.41, 5.74) is 2.37. The van der Waals surface area contributed by atoms with E-state index in [9.17, 15) is 9.59 Å². The van der Waals surface area contributed by atoms with Gasteiger partial charge in [-0.05, 0) is 61.9 Å². The molecule has 6 rings (SSSR count). The van der Waals surface area contributed by atoms with Gasteiger partial charge in [-0.2, -0.15) is 0 Å². The smallest absolute Gasteiger partial charge is 0.268 e. The maximum absolute atomic E-state index is 13.1. The van der Waals surface area contributed by atoms with Gasteiger partial charge in [-0.25, -0.2) is 4.98 Å². The maximum Gasteiger partial charge on any atom is 0.268 e. The molecule has 2 aliphatic heterocycles. The Balaban J connectivity index is 1.27. The van der Waals surface area contributed by atoms with E-state index in [4.69, 9.17) is 4.98 Å². The molecular weight excluding hydrogens is 410 g/mol. The summed E-state index contributed by atoms with van der Waals surface area (Å²) in [4.78, 5) is 32.2. The molecule has 0 unspecified atom stereocenters. The van der Waals surface area contributed by atoms with Crippen LogP contribution in [0.25, 0.3) is 11.0 Å². The second kappa shape index (κ2) is 7.17. The molecule has 8 heteroatoms. The van der Waals surface area contributed by atoms with Crippen molar-refractivity contribution in [3.63, 3.8) is 0 Å². The molecule has 31 heavy (non-hydrogen) atoms. The summed E-state index contributed by atoms with van der Waals surface area (Å²) in [6.45, 7) is 2.92. The Morgan fingerprint density at radius 3 is 2.87 bits per heavy atom. The second-order valence-corrected chi connectivity index (χ2v) is 10.1. The van der Waals surface area contributed by atoms with Crippen LogP contribution in [-0.4, -0.2) is 41.0 Å². The van der Waals surface area contributed by atoms with E-state index in [1.54, 1.807) is 11.0 Å². The minimum absolute atomic E-state index is 0.135. The van der Waals surface area contributed by atoms with Crippen molar-refractivity contribution < 1.29 is 9.59 Å². The van der Waals surface area contributed by atoms with E-state index in [0.29, 0.717) is 28.7 Å². The molecule has 0 radical (unpaired) electrons. The summed E-state index contributed by atoms with van der Waals surface area (Å²) in [6, 6.07) is 12.1. The fraction of sp³-hybridized carbons (Fsp3) is 0.435. The molecule has 3 fully saturated rings. The number of fused-ring (bicyclic) bond motifs is 1. The van der Waals surface area contributed by atoms with Crippen molar-refractivity contribution in [1.29, 1.82) is 0 Å². The SMILES string of the molecule is O=C(Nc1nc2ccccc2n1C1CC2(CCNC2)C1)c1ccc(N2CCCC2=O)s1. The van der Waals surface area contributed by atoms with Crippen LogP contribution in [-0.2, 0) is 4.79 Å². The van der Waals surface area contributed by atoms with Gasteiger partial charge in [0.05, 0.1) is 20.9 Å². The number of amides is 2. The van der Waals surface area contributed by atoms with Gasteiger partial charge in [0.2, 0.25) is 11.9 Å². The lowest BCUT2D eigenvalue weighted by Crippen LogP contribution is -2.40. The first-order chi connectivity index (χ1) is 15.1. The molecule has 2 N–H and O–H groups in total. The predicted octanol–water partition coefficient (Wildman–Crippen LogP) is 3.79. The fourth-order valence-electron chi connectivity index (χ4n) is 5.41.